The van der Waals surface area contributed by atoms with Crippen LogP contribution in [0.2, 0.25) is 5.02 Å². The minimum absolute atomic E-state index is 0.0567. The summed E-state index contributed by atoms with van der Waals surface area (Å²) in [5.74, 6) is -0.138. The third-order valence-electron chi connectivity index (χ3n) is 5.76. The van der Waals surface area contributed by atoms with E-state index in [1.807, 2.05) is 12.1 Å². The number of Topliss-reactive ketones (excluding diaryl/α,β-unsaturated/α-hetero) is 1. The van der Waals surface area contributed by atoms with Crippen LogP contribution in [0.1, 0.15) is 18.4 Å². The first-order valence-electron chi connectivity index (χ1n) is 9.27. The number of carbonyl (C=O) groups is 1. The Morgan fingerprint density at radius 1 is 1.15 bits per heavy atom. The monoisotopic (exact) mass is 377 g/mol. The van der Waals surface area contributed by atoms with E-state index < -0.39 is 6.10 Å². The maximum absolute atomic E-state index is 13.1. The number of ketones is 1. The van der Waals surface area contributed by atoms with Gasteiger partial charge in [-0.1, -0.05) is 23.7 Å². The summed E-state index contributed by atoms with van der Waals surface area (Å²) in [4.78, 5) is 15.4. The van der Waals surface area contributed by atoms with Gasteiger partial charge in [0.25, 0.3) is 0 Å². The van der Waals surface area contributed by atoms with Crippen LogP contribution in [0.4, 0.5) is 0 Å². The Labute approximate surface area is 158 Å². The molecule has 2 aliphatic heterocycles. The molecule has 1 aromatic carbocycles. The van der Waals surface area contributed by atoms with E-state index >= 15 is 0 Å². The van der Waals surface area contributed by atoms with Crippen molar-refractivity contribution in [2.75, 3.05) is 32.8 Å². The lowest BCUT2D eigenvalue weighted by atomic mass is 9.72. The second-order valence-electron chi connectivity index (χ2n) is 7.33. The largest absolute Gasteiger partial charge is 0.496 e. The van der Waals surface area contributed by atoms with Gasteiger partial charge in [0, 0.05) is 30.6 Å². The maximum Gasteiger partial charge on any atom is 0.173 e. The van der Waals surface area contributed by atoms with Crippen LogP contribution in [0.5, 0.6) is 0 Å². The number of allylic oxidation sites excluding steroid dienone is 1. The second kappa shape index (κ2) is 7.69. The van der Waals surface area contributed by atoms with Gasteiger partial charge in [-0.3, -0.25) is 9.69 Å². The van der Waals surface area contributed by atoms with Gasteiger partial charge in [-0.25, -0.2) is 0 Å². The van der Waals surface area contributed by atoms with Crippen molar-refractivity contribution in [1.82, 2.24) is 4.90 Å². The van der Waals surface area contributed by atoms with Crippen molar-refractivity contribution in [2.45, 2.75) is 25.0 Å². The molecule has 26 heavy (non-hydrogen) atoms. The summed E-state index contributed by atoms with van der Waals surface area (Å²) in [5.41, 5.74) is 1.43. The van der Waals surface area contributed by atoms with Gasteiger partial charge in [0.2, 0.25) is 0 Å². The molecule has 1 aliphatic carbocycles. The predicted octanol–water partition coefficient (Wildman–Crippen LogP) is 2.37. The van der Waals surface area contributed by atoms with Gasteiger partial charge in [-0.2, -0.15) is 0 Å². The molecule has 4 unspecified atom stereocenters. The first kappa shape index (κ1) is 18.0. The van der Waals surface area contributed by atoms with Crippen LogP contribution >= 0.6 is 11.6 Å². The van der Waals surface area contributed by atoms with Crippen LogP contribution in [0.15, 0.2) is 30.5 Å². The van der Waals surface area contributed by atoms with E-state index in [9.17, 15) is 9.90 Å². The number of halogens is 1. The molecule has 4 atom stereocenters. The first-order chi connectivity index (χ1) is 12.6. The average Bonchev–Trinajstić information content (AvgIpc) is 2.66. The van der Waals surface area contributed by atoms with Crippen molar-refractivity contribution in [3.8, 4) is 0 Å². The molecule has 4 rings (SSSR count). The average molecular weight is 378 g/mol. The molecule has 1 saturated heterocycles. The van der Waals surface area contributed by atoms with E-state index in [0.29, 0.717) is 23.4 Å². The van der Waals surface area contributed by atoms with E-state index in [0.717, 1.165) is 38.4 Å². The van der Waals surface area contributed by atoms with Gasteiger partial charge in [0.1, 0.15) is 6.10 Å². The fraction of sp³-hybridized carbons (Fsp3) is 0.550. The quantitative estimate of drug-likeness (QED) is 0.876. The summed E-state index contributed by atoms with van der Waals surface area (Å²) in [5, 5.41) is 11.2. The van der Waals surface area contributed by atoms with E-state index in [4.69, 9.17) is 21.1 Å². The second-order valence-corrected chi connectivity index (χ2v) is 7.77. The van der Waals surface area contributed by atoms with E-state index in [1.54, 1.807) is 18.4 Å². The molecule has 3 aliphatic rings. The lowest BCUT2D eigenvalue weighted by Crippen LogP contribution is -2.53. The Hall–Kier alpha value is -1.40. The molecule has 0 spiro atoms. The van der Waals surface area contributed by atoms with Gasteiger partial charge in [0.15, 0.2) is 5.78 Å². The molecular weight excluding hydrogens is 354 g/mol. The lowest BCUT2D eigenvalue weighted by molar-refractivity contribution is -0.134. The van der Waals surface area contributed by atoms with Crippen LogP contribution in [-0.2, 0) is 14.3 Å². The Bertz CT molecular complexity index is 684. The highest BCUT2D eigenvalue weighted by molar-refractivity contribution is 6.30. The molecule has 6 heteroatoms. The van der Waals surface area contributed by atoms with Crippen molar-refractivity contribution in [1.29, 1.82) is 0 Å². The Morgan fingerprint density at radius 2 is 1.88 bits per heavy atom. The first-order valence-corrected chi connectivity index (χ1v) is 9.65. The molecular formula is C20H24ClNO4. The van der Waals surface area contributed by atoms with Crippen molar-refractivity contribution in [3.63, 3.8) is 0 Å². The topological polar surface area (TPSA) is 59.0 Å². The normalized spacial score (nSPS) is 32.5. The van der Waals surface area contributed by atoms with E-state index in [2.05, 4.69) is 4.90 Å². The summed E-state index contributed by atoms with van der Waals surface area (Å²) in [7, 11) is 0. The molecule has 1 aromatic rings. The number of carbonyl (C=O) groups excluding carboxylic acids is 1. The summed E-state index contributed by atoms with van der Waals surface area (Å²) in [6.07, 6.45) is 2.19. The smallest absolute Gasteiger partial charge is 0.173 e. The molecule has 1 N–H and O–H groups in total. The van der Waals surface area contributed by atoms with Crippen LogP contribution in [0.3, 0.4) is 0 Å². The van der Waals surface area contributed by atoms with Crippen LogP contribution in [0.25, 0.3) is 5.57 Å². The fourth-order valence-corrected chi connectivity index (χ4v) is 4.40. The van der Waals surface area contributed by atoms with Crippen molar-refractivity contribution in [2.24, 2.45) is 11.8 Å². The highest BCUT2D eigenvalue weighted by Crippen LogP contribution is 2.39. The molecule has 1 saturated carbocycles. The number of ether oxygens (including phenoxy) is 2. The Kier molecular flexibility index (Phi) is 5.32. The van der Waals surface area contributed by atoms with Crippen LogP contribution in [0, 0.1) is 11.8 Å². The Morgan fingerprint density at radius 3 is 2.62 bits per heavy atom. The summed E-state index contributed by atoms with van der Waals surface area (Å²) in [6.45, 7) is 3.90. The molecule has 2 fully saturated rings. The Balaban J connectivity index is 1.54. The third kappa shape index (κ3) is 3.54. The zero-order chi connectivity index (χ0) is 18.1. The van der Waals surface area contributed by atoms with Gasteiger partial charge in [-0.15, -0.1) is 0 Å². The van der Waals surface area contributed by atoms with E-state index in [1.165, 1.54) is 0 Å². The van der Waals surface area contributed by atoms with Gasteiger partial charge in [-0.05, 0) is 30.5 Å². The standard InChI is InChI=1S/C20H24ClNO4/c21-14-3-1-13(2-4-14)17-12-26-20-15(19(17)24)5-6-18(23)16(20)11-22-7-9-25-10-8-22/h1-4,12,15-16,18,20,23H,5-11H2. The number of benzene rings is 1. The molecule has 0 radical (unpaired) electrons. The number of aliphatic hydroxyl groups is 1. The number of hydrogen-bond acceptors (Lipinski definition) is 5. The minimum atomic E-state index is -0.433. The highest BCUT2D eigenvalue weighted by Gasteiger charge is 2.46. The van der Waals surface area contributed by atoms with Crippen LogP contribution in [-0.4, -0.2) is 60.8 Å². The van der Waals surface area contributed by atoms with E-state index in [-0.39, 0.29) is 23.7 Å². The van der Waals surface area contributed by atoms with Crippen molar-refractivity contribution < 1.29 is 19.4 Å². The molecule has 140 valence electrons. The number of rotatable bonds is 3. The third-order valence-corrected chi connectivity index (χ3v) is 6.01. The number of aliphatic hydroxyl groups excluding tert-OH is 1. The molecule has 0 aromatic heterocycles. The van der Waals surface area contributed by atoms with Gasteiger partial charge >= 0.3 is 0 Å². The predicted molar refractivity (Wildman–Crippen MR) is 98.8 cm³/mol. The zero-order valence-electron chi connectivity index (χ0n) is 14.6. The number of fused-ring (bicyclic) bond motifs is 1. The van der Waals surface area contributed by atoms with Crippen LogP contribution < -0.4 is 0 Å². The molecule has 5 nitrogen and oxygen atoms in total. The van der Waals surface area contributed by atoms with Gasteiger partial charge in [0.05, 0.1) is 37.1 Å². The molecule has 0 bridgehead atoms. The SMILES string of the molecule is O=C1C(c2ccc(Cl)cc2)=COC2C1CCC(O)C2CN1CCOCC1. The maximum atomic E-state index is 13.1. The summed E-state index contributed by atoms with van der Waals surface area (Å²) in [6, 6.07) is 7.25. The lowest BCUT2D eigenvalue weighted by Gasteiger charge is -2.44. The minimum Gasteiger partial charge on any atom is -0.496 e. The number of nitrogens with zero attached hydrogens (tertiary/aromatic N) is 1. The fourth-order valence-electron chi connectivity index (χ4n) is 4.27. The summed E-state index contributed by atoms with van der Waals surface area (Å²) >= 11 is 5.95. The van der Waals surface area contributed by atoms with Crippen molar-refractivity contribution in [3.05, 3.63) is 41.1 Å². The van der Waals surface area contributed by atoms with Crippen molar-refractivity contribution >= 4 is 23.0 Å². The molecule has 0 amide bonds. The number of hydrogen-bond donors (Lipinski definition) is 1. The summed E-state index contributed by atoms with van der Waals surface area (Å²) < 4.78 is 11.4. The molecule has 2 heterocycles. The zero-order valence-corrected chi connectivity index (χ0v) is 15.4. The highest BCUT2D eigenvalue weighted by atomic mass is 35.5. The number of morpholine rings is 1. The van der Waals surface area contributed by atoms with Gasteiger partial charge < -0.3 is 14.6 Å².